The number of anilines is 1. The van der Waals surface area contributed by atoms with Crippen molar-refractivity contribution in [2.24, 2.45) is 11.7 Å². The second-order valence-corrected chi connectivity index (χ2v) is 4.55. The fraction of sp³-hybridized carbons (Fsp3) is 0.500. The lowest BCUT2D eigenvalue weighted by atomic mass is 10.1. The molecule has 0 radical (unpaired) electrons. The summed E-state index contributed by atoms with van der Waals surface area (Å²) in [5.41, 5.74) is 6.14. The van der Waals surface area contributed by atoms with Crippen LogP contribution < -0.4 is 15.8 Å². The van der Waals surface area contributed by atoms with Gasteiger partial charge in [-0.2, -0.15) is 0 Å². The number of primary amides is 1. The monoisotopic (exact) mass is 250 g/mol. The van der Waals surface area contributed by atoms with E-state index in [1.54, 1.807) is 6.92 Å². The maximum absolute atomic E-state index is 10.9. The molecule has 100 valence electrons. The summed E-state index contributed by atoms with van der Waals surface area (Å²) in [7, 11) is 0. The van der Waals surface area contributed by atoms with Gasteiger partial charge in [0.25, 0.3) is 0 Å². The van der Waals surface area contributed by atoms with Crippen molar-refractivity contribution in [3.05, 3.63) is 24.3 Å². The summed E-state index contributed by atoms with van der Waals surface area (Å²) in [6.07, 6.45) is 1.17. The fourth-order valence-electron chi connectivity index (χ4n) is 1.37. The van der Waals surface area contributed by atoms with E-state index in [4.69, 9.17) is 10.5 Å². The highest BCUT2D eigenvalue weighted by atomic mass is 16.5. The van der Waals surface area contributed by atoms with E-state index in [0.717, 1.165) is 17.9 Å². The molecule has 0 fully saturated rings. The standard InChI is InChI=1S/C14H22N2O2/c1-4-11(3)18-13-7-5-6-12(8-13)16-9-10(2)14(15)17/h5-8,10-11,16H,4,9H2,1-3H3,(H2,15,17). The van der Waals surface area contributed by atoms with Gasteiger partial charge in [0.05, 0.1) is 12.0 Å². The predicted octanol–water partition coefficient (Wildman–Crippen LogP) is 2.40. The number of nitrogens with two attached hydrogens (primary N) is 1. The van der Waals surface area contributed by atoms with E-state index in [1.165, 1.54) is 0 Å². The molecule has 4 heteroatoms. The van der Waals surface area contributed by atoms with Gasteiger partial charge in [-0.1, -0.05) is 19.9 Å². The quantitative estimate of drug-likeness (QED) is 0.781. The molecule has 3 N–H and O–H groups in total. The number of hydrogen-bond donors (Lipinski definition) is 2. The number of carbonyl (C=O) groups is 1. The van der Waals surface area contributed by atoms with Gasteiger partial charge >= 0.3 is 0 Å². The number of amides is 1. The Morgan fingerprint density at radius 1 is 1.44 bits per heavy atom. The second-order valence-electron chi connectivity index (χ2n) is 4.55. The smallest absolute Gasteiger partial charge is 0.222 e. The minimum Gasteiger partial charge on any atom is -0.491 e. The molecule has 2 unspecified atom stereocenters. The van der Waals surface area contributed by atoms with Crippen LogP contribution in [0.4, 0.5) is 5.69 Å². The van der Waals surface area contributed by atoms with Gasteiger partial charge in [0.1, 0.15) is 5.75 Å². The SMILES string of the molecule is CCC(C)Oc1cccc(NCC(C)C(N)=O)c1. The fourth-order valence-corrected chi connectivity index (χ4v) is 1.37. The molecular weight excluding hydrogens is 228 g/mol. The van der Waals surface area contributed by atoms with Crippen molar-refractivity contribution in [3.63, 3.8) is 0 Å². The summed E-state index contributed by atoms with van der Waals surface area (Å²) in [4.78, 5) is 10.9. The van der Waals surface area contributed by atoms with Crippen LogP contribution in [-0.4, -0.2) is 18.6 Å². The zero-order chi connectivity index (χ0) is 13.5. The molecule has 0 spiro atoms. The Bertz CT molecular complexity index is 393. The molecule has 1 amide bonds. The second kappa shape index (κ2) is 6.89. The van der Waals surface area contributed by atoms with E-state index < -0.39 is 0 Å². The van der Waals surface area contributed by atoms with Crippen molar-refractivity contribution < 1.29 is 9.53 Å². The number of ether oxygens (including phenoxy) is 1. The van der Waals surface area contributed by atoms with Crippen LogP contribution in [0.15, 0.2) is 24.3 Å². The van der Waals surface area contributed by atoms with E-state index in [0.29, 0.717) is 6.54 Å². The van der Waals surface area contributed by atoms with Gasteiger partial charge in [-0.3, -0.25) is 4.79 Å². The third-order valence-corrected chi connectivity index (χ3v) is 2.84. The van der Waals surface area contributed by atoms with Crippen molar-refractivity contribution in [3.8, 4) is 5.75 Å². The predicted molar refractivity (Wildman–Crippen MR) is 73.7 cm³/mol. The van der Waals surface area contributed by atoms with Crippen LogP contribution in [0.25, 0.3) is 0 Å². The summed E-state index contributed by atoms with van der Waals surface area (Å²) in [6, 6.07) is 7.72. The molecule has 18 heavy (non-hydrogen) atoms. The Hall–Kier alpha value is -1.71. The summed E-state index contributed by atoms with van der Waals surface area (Å²) in [5, 5.41) is 3.18. The summed E-state index contributed by atoms with van der Waals surface area (Å²) in [6.45, 7) is 6.45. The largest absolute Gasteiger partial charge is 0.491 e. The highest BCUT2D eigenvalue weighted by molar-refractivity contribution is 5.76. The average Bonchev–Trinajstić information content (AvgIpc) is 2.36. The maximum atomic E-state index is 10.9. The molecule has 1 rings (SSSR count). The Balaban J connectivity index is 2.56. The van der Waals surface area contributed by atoms with Gasteiger partial charge in [0.2, 0.25) is 5.91 Å². The average molecular weight is 250 g/mol. The first-order valence-electron chi connectivity index (χ1n) is 6.32. The molecule has 0 aliphatic carbocycles. The summed E-state index contributed by atoms with van der Waals surface area (Å²) in [5.74, 6) is 0.347. The first kappa shape index (κ1) is 14.4. The normalized spacial score (nSPS) is 13.7. The third-order valence-electron chi connectivity index (χ3n) is 2.84. The lowest BCUT2D eigenvalue weighted by Gasteiger charge is -2.15. The lowest BCUT2D eigenvalue weighted by molar-refractivity contribution is -0.120. The molecule has 1 aromatic rings. The molecule has 1 aromatic carbocycles. The van der Waals surface area contributed by atoms with E-state index >= 15 is 0 Å². The Labute approximate surface area is 109 Å². The molecule has 4 nitrogen and oxygen atoms in total. The van der Waals surface area contributed by atoms with Crippen LogP contribution in [0.3, 0.4) is 0 Å². The highest BCUT2D eigenvalue weighted by Crippen LogP contribution is 2.19. The Kier molecular flexibility index (Phi) is 5.49. The van der Waals surface area contributed by atoms with Crippen molar-refractivity contribution in [1.82, 2.24) is 0 Å². The van der Waals surface area contributed by atoms with Gasteiger partial charge in [0, 0.05) is 18.3 Å². The Morgan fingerprint density at radius 2 is 2.17 bits per heavy atom. The third kappa shape index (κ3) is 4.65. The van der Waals surface area contributed by atoms with Crippen molar-refractivity contribution >= 4 is 11.6 Å². The van der Waals surface area contributed by atoms with E-state index in [2.05, 4.69) is 12.2 Å². The van der Waals surface area contributed by atoms with Crippen LogP contribution in [0, 0.1) is 5.92 Å². The number of carbonyl (C=O) groups excluding carboxylic acids is 1. The van der Waals surface area contributed by atoms with Gasteiger partial charge in [0.15, 0.2) is 0 Å². The molecule has 0 heterocycles. The zero-order valence-electron chi connectivity index (χ0n) is 11.3. The zero-order valence-corrected chi connectivity index (χ0v) is 11.3. The minimum atomic E-state index is -0.297. The van der Waals surface area contributed by atoms with E-state index in [-0.39, 0.29) is 17.9 Å². The van der Waals surface area contributed by atoms with E-state index in [1.807, 2.05) is 31.2 Å². The number of hydrogen-bond acceptors (Lipinski definition) is 3. The van der Waals surface area contributed by atoms with Crippen LogP contribution in [0.1, 0.15) is 27.2 Å². The maximum Gasteiger partial charge on any atom is 0.222 e. The van der Waals surface area contributed by atoms with Crippen molar-refractivity contribution in [2.45, 2.75) is 33.3 Å². The van der Waals surface area contributed by atoms with Crippen LogP contribution in [0.2, 0.25) is 0 Å². The van der Waals surface area contributed by atoms with E-state index in [9.17, 15) is 4.79 Å². The molecule has 2 atom stereocenters. The number of nitrogens with one attached hydrogen (secondary N) is 1. The van der Waals surface area contributed by atoms with Gasteiger partial charge in [-0.05, 0) is 25.5 Å². The van der Waals surface area contributed by atoms with Gasteiger partial charge in [-0.15, -0.1) is 0 Å². The highest BCUT2D eigenvalue weighted by Gasteiger charge is 2.08. The first-order chi connectivity index (χ1) is 8.52. The summed E-state index contributed by atoms with van der Waals surface area (Å²) < 4.78 is 5.73. The molecule has 0 saturated carbocycles. The molecular formula is C14H22N2O2. The van der Waals surface area contributed by atoms with Crippen LogP contribution in [-0.2, 0) is 4.79 Å². The molecule has 0 bridgehead atoms. The topological polar surface area (TPSA) is 64.3 Å². The Morgan fingerprint density at radius 3 is 2.78 bits per heavy atom. The first-order valence-corrected chi connectivity index (χ1v) is 6.32. The minimum absolute atomic E-state index is 0.191. The van der Waals surface area contributed by atoms with Crippen LogP contribution >= 0.6 is 0 Å². The number of benzene rings is 1. The molecule has 0 aliphatic heterocycles. The molecule has 0 aromatic heterocycles. The molecule has 0 saturated heterocycles. The van der Waals surface area contributed by atoms with Crippen molar-refractivity contribution in [2.75, 3.05) is 11.9 Å². The lowest BCUT2D eigenvalue weighted by Crippen LogP contribution is -2.26. The van der Waals surface area contributed by atoms with Gasteiger partial charge in [-0.25, -0.2) is 0 Å². The summed E-state index contributed by atoms with van der Waals surface area (Å²) >= 11 is 0. The van der Waals surface area contributed by atoms with Crippen molar-refractivity contribution in [1.29, 1.82) is 0 Å². The number of rotatable bonds is 7. The molecule has 0 aliphatic rings. The van der Waals surface area contributed by atoms with Gasteiger partial charge < -0.3 is 15.8 Å². The van der Waals surface area contributed by atoms with Crippen LogP contribution in [0.5, 0.6) is 5.75 Å².